The van der Waals surface area contributed by atoms with E-state index in [2.05, 4.69) is 15.8 Å². The van der Waals surface area contributed by atoms with Gasteiger partial charge in [0.05, 0.1) is 5.71 Å². The Labute approximate surface area is 152 Å². The molecular weight excluding hydrogens is 330 g/mol. The third kappa shape index (κ3) is 5.17. The zero-order chi connectivity index (χ0) is 18.4. The monoisotopic (exact) mass is 351 g/mol. The fraction of sp³-hybridized carbons (Fsp3) is 0.250. The quantitative estimate of drug-likeness (QED) is 0.594. The first-order chi connectivity index (χ1) is 12.6. The van der Waals surface area contributed by atoms with Gasteiger partial charge < -0.3 is 10.1 Å². The number of hydrogen-bond donors (Lipinski definition) is 2. The summed E-state index contributed by atoms with van der Waals surface area (Å²) in [6.45, 7) is 1.68. The van der Waals surface area contributed by atoms with E-state index in [9.17, 15) is 9.59 Å². The van der Waals surface area contributed by atoms with Gasteiger partial charge in [-0.25, -0.2) is 5.43 Å². The fourth-order valence-corrected chi connectivity index (χ4v) is 2.32. The van der Waals surface area contributed by atoms with Crippen LogP contribution in [0.15, 0.2) is 59.7 Å². The third-order valence-corrected chi connectivity index (χ3v) is 3.96. The summed E-state index contributed by atoms with van der Waals surface area (Å²) in [6, 6.07) is 16.5. The van der Waals surface area contributed by atoms with Crippen molar-refractivity contribution in [1.29, 1.82) is 0 Å². The molecule has 1 fully saturated rings. The number of hydrogen-bond acceptors (Lipinski definition) is 4. The van der Waals surface area contributed by atoms with Crippen molar-refractivity contribution in [3.05, 3.63) is 60.2 Å². The maximum absolute atomic E-state index is 11.8. The second kappa shape index (κ2) is 8.29. The molecule has 2 amide bonds. The second-order valence-electron chi connectivity index (χ2n) is 6.18. The van der Waals surface area contributed by atoms with Gasteiger partial charge in [-0.05, 0) is 49.6 Å². The van der Waals surface area contributed by atoms with Crippen LogP contribution in [0.25, 0.3) is 0 Å². The predicted molar refractivity (Wildman–Crippen MR) is 100 cm³/mol. The number of amides is 2. The molecule has 0 heterocycles. The molecule has 1 aliphatic carbocycles. The number of para-hydroxylation sites is 1. The summed E-state index contributed by atoms with van der Waals surface area (Å²) in [7, 11) is 0. The van der Waals surface area contributed by atoms with E-state index in [0.717, 1.165) is 24.1 Å². The molecule has 6 nitrogen and oxygen atoms in total. The molecule has 0 saturated heterocycles. The number of nitrogens with one attached hydrogen (secondary N) is 2. The van der Waals surface area contributed by atoms with Crippen LogP contribution in [0.2, 0.25) is 0 Å². The lowest BCUT2D eigenvalue weighted by molar-refractivity contribution is -0.123. The Morgan fingerprint density at radius 3 is 2.62 bits per heavy atom. The summed E-state index contributed by atoms with van der Waals surface area (Å²) in [5.41, 5.74) is 4.67. The van der Waals surface area contributed by atoms with Gasteiger partial charge in [-0.3, -0.25) is 9.59 Å². The first kappa shape index (κ1) is 17.7. The third-order valence-electron chi connectivity index (χ3n) is 3.96. The van der Waals surface area contributed by atoms with Gasteiger partial charge >= 0.3 is 0 Å². The fourth-order valence-electron chi connectivity index (χ4n) is 2.32. The van der Waals surface area contributed by atoms with E-state index in [0.29, 0.717) is 11.5 Å². The van der Waals surface area contributed by atoms with E-state index >= 15 is 0 Å². The number of hydrazone groups is 1. The van der Waals surface area contributed by atoms with Crippen LogP contribution in [0.3, 0.4) is 0 Å². The van der Waals surface area contributed by atoms with Crippen LogP contribution in [-0.2, 0) is 9.59 Å². The lowest BCUT2D eigenvalue weighted by Crippen LogP contribution is -2.25. The Morgan fingerprint density at radius 2 is 1.88 bits per heavy atom. The molecule has 0 aromatic heterocycles. The Hall–Kier alpha value is -3.15. The van der Waals surface area contributed by atoms with Crippen molar-refractivity contribution in [2.75, 3.05) is 11.9 Å². The number of carbonyl (C=O) groups is 2. The Kier molecular flexibility index (Phi) is 5.63. The van der Waals surface area contributed by atoms with Crippen LogP contribution in [0.4, 0.5) is 5.69 Å². The number of ether oxygens (including phenoxy) is 1. The normalized spacial score (nSPS) is 13.8. The van der Waals surface area contributed by atoms with Crippen LogP contribution < -0.4 is 15.5 Å². The van der Waals surface area contributed by atoms with Crippen LogP contribution in [0, 0.1) is 5.92 Å². The van der Waals surface area contributed by atoms with Gasteiger partial charge in [0.1, 0.15) is 5.75 Å². The molecular formula is C20H21N3O3. The van der Waals surface area contributed by atoms with Crippen LogP contribution >= 0.6 is 0 Å². The highest BCUT2D eigenvalue weighted by molar-refractivity contribution is 6.01. The number of nitrogens with zero attached hydrogens (tertiary/aromatic N) is 1. The molecule has 1 aliphatic rings. The van der Waals surface area contributed by atoms with E-state index in [1.165, 1.54) is 0 Å². The lowest BCUT2D eigenvalue weighted by atomic mass is 10.1. The van der Waals surface area contributed by atoms with E-state index in [4.69, 9.17) is 4.74 Å². The average molecular weight is 351 g/mol. The molecule has 3 rings (SSSR count). The number of anilines is 1. The van der Waals surface area contributed by atoms with Gasteiger partial charge in [0.25, 0.3) is 5.91 Å². The SMILES string of the molecule is C/C(=N/NC(=O)COc1ccccc1)c1cccc(NC(=O)C2CC2)c1. The summed E-state index contributed by atoms with van der Waals surface area (Å²) in [5.74, 6) is 0.495. The molecule has 0 radical (unpaired) electrons. The lowest BCUT2D eigenvalue weighted by Gasteiger charge is -2.08. The maximum atomic E-state index is 11.8. The van der Waals surface area contributed by atoms with Gasteiger partial charge in [-0.15, -0.1) is 0 Å². The van der Waals surface area contributed by atoms with Gasteiger partial charge in [0.15, 0.2) is 6.61 Å². The van der Waals surface area contributed by atoms with Crippen molar-refractivity contribution < 1.29 is 14.3 Å². The summed E-state index contributed by atoms with van der Waals surface area (Å²) in [6.07, 6.45) is 1.92. The van der Waals surface area contributed by atoms with Crippen molar-refractivity contribution in [2.24, 2.45) is 11.0 Å². The van der Waals surface area contributed by atoms with Crippen molar-refractivity contribution in [3.8, 4) is 5.75 Å². The highest BCUT2D eigenvalue weighted by Crippen LogP contribution is 2.30. The van der Waals surface area contributed by atoms with Gasteiger partial charge in [-0.2, -0.15) is 5.10 Å². The molecule has 134 valence electrons. The van der Waals surface area contributed by atoms with Crippen molar-refractivity contribution in [1.82, 2.24) is 5.43 Å². The van der Waals surface area contributed by atoms with Gasteiger partial charge in [-0.1, -0.05) is 30.3 Å². The van der Waals surface area contributed by atoms with E-state index in [-0.39, 0.29) is 24.3 Å². The minimum atomic E-state index is -0.341. The van der Waals surface area contributed by atoms with Gasteiger partial charge in [0, 0.05) is 11.6 Å². The Bertz CT molecular complexity index is 814. The molecule has 26 heavy (non-hydrogen) atoms. The zero-order valence-corrected chi connectivity index (χ0v) is 14.6. The Morgan fingerprint density at radius 1 is 1.12 bits per heavy atom. The van der Waals surface area contributed by atoms with E-state index in [1.807, 2.05) is 42.5 Å². The molecule has 0 aliphatic heterocycles. The molecule has 0 spiro atoms. The summed E-state index contributed by atoms with van der Waals surface area (Å²) >= 11 is 0. The van der Waals surface area contributed by atoms with Crippen LogP contribution in [0.5, 0.6) is 5.75 Å². The van der Waals surface area contributed by atoms with Gasteiger partial charge in [0.2, 0.25) is 5.91 Å². The standard InChI is InChI=1S/C20H21N3O3/c1-14(22-23-19(24)13-26-18-8-3-2-4-9-18)16-6-5-7-17(12-16)21-20(25)15-10-11-15/h2-9,12,15H,10-11,13H2,1H3,(H,21,25)(H,23,24)/b22-14-. The highest BCUT2D eigenvalue weighted by Gasteiger charge is 2.29. The first-order valence-electron chi connectivity index (χ1n) is 8.54. The van der Waals surface area contributed by atoms with E-state index < -0.39 is 0 Å². The maximum Gasteiger partial charge on any atom is 0.277 e. The second-order valence-corrected chi connectivity index (χ2v) is 6.18. The van der Waals surface area contributed by atoms with Crippen LogP contribution in [-0.4, -0.2) is 24.1 Å². The molecule has 6 heteroatoms. The molecule has 1 saturated carbocycles. The zero-order valence-electron chi connectivity index (χ0n) is 14.6. The first-order valence-corrected chi connectivity index (χ1v) is 8.54. The summed E-state index contributed by atoms with van der Waals surface area (Å²) < 4.78 is 5.37. The predicted octanol–water partition coefficient (Wildman–Crippen LogP) is 2.95. The molecule has 2 N–H and O–H groups in total. The Balaban J connectivity index is 1.53. The highest BCUT2D eigenvalue weighted by atomic mass is 16.5. The van der Waals surface area contributed by atoms with Crippen molar-refractivity contribution >= 4 is 23.2 Å². The topological polar surface area (TPSA) is 79.8 Å². The molecule has 2 aromatic rings. The number of rotatable bonds is 7. The number of carbonyl (C=O) groups excluding carboxylic acids is 2. The molecule has 0 unspecified atom stereocenters. The van der Waals surface area contributed by atoms with E-state index in [1.54, 1.807) is 19.1 Å². The number of benzene rings is 2. The van der Waals surface area contributed by atoms with Crippen molar-refractivity contribution in [2.45, 2.75) is 19.8 Å². The minimum absolute atomic E-state index is 0.0584. The summed E-state index contributed by atoms with van der Waals surface area (Å²) in [4.78, 5) is 23.7. The smallest absolute Gasteiger partial charge is 0.277 e. The minimum Gasteiger partial charge on any atom is -0.484 e. The summed E-state index contributed by atoms with van der Waals surface area (Å²) in [5, 5.41) is 7.00. The molecule has 0 bridgehead atoms. The molecule has 2 aromatic carbocycles. The van der Waals surface area contributed by atoms with Crippen LogP contribution in [0.1, 0.15) is 25.3 Å². The average Bonchev–Trinajstić information content (AvgIpc) is 3.51. The van der Waals surface area contributed by atoms with Crippen molar-refractivity contribution in [3.63, 3.8) is 0 Å². The largest absolute Gasteiger partial charge is 0.484 e. The molecule has 0 atom stereocenters.